The number of carbonyl (C=O) groups excluding carboxylic acids is 5. The topological polar surface area (TPSA) is 182 Å². The van der Waals surface area contributed by atoms with Crippen molar-refractivity contribution in [1.29, 1.82) is 0 Å². The third-order valence-corrected chi connectivity index (χ3v) is 2410. The van der Waals surface area contributed by atoms with Crippen LogP contribution in [0.1, 0.15) is 36.8 Å². The van der Waals surface area contributed by atoms with Crippen LogP contribution in [0.5, 0.6) is 0 Å². The average molecular weight is 5390 g/mol. The molecule has 4 N–H and O–H groups in total. The van der Waals surface area contributed by atoms with Gasteiger partial charge in [-0.25, -0.2) is 19.2 Å². The van der Waals surface area contributed by atoms with Crippen molar-refractivity contribution in [3.63, 3.8) is 0 Å². The molecule has 3 aliphatic rings. The molecule has 2 aromatic carbocycles. The van der Waals surface area contributed by atoms with E-state index in [1.807, 2.05) is 60.7 Å². The molecule has 3 aliphatic heterocycles. The number of urea groups is 1. The molecule has 15 nitrogen and oxygen atoms in total. The quantitative estimate of drug-likeness (QED) is 0.0489. The summed E-state index contributed by atoms with van der Waals surface area (Å²) in [5.41, 5.74) is 7.49. The minimum atomic E-state index is -0.603. The monoisotopic (exact) mass is 5390 g/mol. The van der Waals surface area contributed by atoms with E-state index in [-0.39, 0.29) is 165 Å². The van der Waals surface area contributed by atoms with Gasteiger partial charge in [-0.15, -0.1) is 0 Å². The minimum absolute atomic E-state index is 0.0974. The molecule has 87 heavy (non-hydrogen) atoms. The molecule has 0 spiro atoms. The average Bonchev–Trinajstić information content (AvgIpc) is 2.36. The Balaban J connectivity index is 0.000000401. The Kier molecular flexibility index (Phi) is 75.3. The summed E-state index contributed by atoms with van der Waals surface area (Å²) in [7, 11) is -3.46. The van der Waals surface area contributed by atoms with Gasteiger partial charge >= 0.3 is 542 Å². The number of rotatable bonds is 25. The molecule has 532 valence electrons. The van der Waals surface area contributed by atoms with E-state index >= 15 is 0 Å². The van der Waals surface area contributed by atoms with E-state index in [4.69, 9.17) is 24.7 Å². The first-order valence-corrected chi connectivity index (χ1v) is 242. The van der Waals surface area contributed by atoms with Crippen molar-refractivity contribution < 1.29 is 56.2 Å². The van der Waals surface area contributed by atoms with Crippen molar-refractivity contribution in [3.8, 4) is 0 Å². The number of esters is 2. The molecule has 52 heteroatoms. The van der Waals surface area contributed by atoms with Crippen LogP contribution in [0.25, 0.3) is 0 Å². The maximum atomic E-state index is 12.2. The number of carbonyl (C=O) groups is 5. The van der Waals surface area contributed by atoms with E-state index in [9.17, 15) is 24.0 Å². The Morgan fingerprint density at radius 3 is 1.25 bits per heavy atom. The summed E-state index contributed by atoms with van der Waals surface area (Å²) in [5, 5.41) is 5.88. The van der Waals surface area contributed by atoms with Crippen molar-refractivity contribution in [2.75, 3.05) is 53.5 Å². The van der Waals surface area contributed by atoms with Crippen LogP contribution in [-0.2, 0) is 41.8 Å². The number of methoxy groups -OCH3 is 2. The number of likely N-dealkylation sites (tertiary alicyclic amines) is 2. The van der Waals surface area contributed by atoms with Crippen LogP contribution >= 0.6 is 499 Å². The third kappa shape index (κ3) is 42.6. The third-order valence-electron chi connectivity index (χ3n) is 10.1. The molecule has 2 aromatic rings. The zero-order valence-electron chi connectivity index (χ0n) is 42.6. The summed E-state index contributed by atoms with van der Waals surface area (Å²) >= 11 is 60.9. The first-order valence-electron chi connectivity index (χ1n) is 21.8. The SMILES string of the molecule is COC(=O)[C@@H](CN)NC1CCN(C(=O)OCc2ccccc2)CC1.COC(=O)[C@H]1CNC(=O)N1C1CCN(C(=O)OCc2ccccc2)CC1.II(I)I(I)I(I)I(I)I(I)I(I)I(I)I(I)I.I[I-]I(I)I(I)I(I)I(I)I(I)I(I)I(I)I(I)I. The second-order valence-electron chi connectivity index (χ2n) is 14.8. The van der Waals surface area contributed by atoms with Crippen molar-refractivity contribution >= 4 is 529 Å². The first kappa shape index (κ1) is 105. The fraction of sp³-hybridized carbons (Fsp3) is 0.514. The van der Waals surface area contributed by atoms with Gasteiger partial charge in [0, 0.05) is 44.8 Å². The number of ether oxygens (including phenoxy) is 4. The van der Waals surface area contributed by atoms with Gasteiger partial charge in [-0.1, -0.05) is 60.7 Å². The molecule has 3 saturated heterocycles. The van der Waals surface area contributed by atoms with Crippen LogP contribution in [0.4, 0.5) is 14.4 Å². The van der Waals surface area contributed by atoms with Crippen LogP contribution in [0.15, 0.2) is 60.7 Å². The summed E-state index contributed by atoms with van der Waals surface area (Å²) in [4.78, 5) is 64.7. The Hall–Kier alpha value is 22.1. The fourth-order valence-corrected chi connectivity index (χ4v) is 5250. The Morgan fingerprint density at radius 1 is 0.563 bits per heavy atom. The first-order chi connectivity index (χ1) is 41.0. The molecule has 3 heterocycles. The molecule has 0 radical (unpaired) electrons. The number of benzene rings is 2. The Morgan fingerprint density at radius 2 is 0.920 bits per heavy atom. The van der Waals surface area contributed by atoms with Gasteiger partial charge in [0.2, 0.25) is 0 Å². The number of hydrogen-bond donors (Lipinski definition) is 3. The second kappa shape index (κ2) is 62.3. The molecule has 2 atom stereocenters. The van der Waals surface area contributed by atoms with Crippen molar-refractivity contribution in [2.45, 2.75) is 63.1 Å². The fourth-order valence-electron chi connectivity index (χ4n) is 6.49. The molecular weight excluding hydrogens is 5340 g/mol. The number of nitrogens with two attached hydrogens (primary N) is 1. The number of amides is 4. The van der Waals surface area contributed by atoms with Gasteiger partial charge in [-0.2, -0.15) is 0 Å². The van der Waals surface area contributed by atoms with E-state index < -0.39 is 41.7 Å². The predicted octanol–water partition coefficient (Wildman–Crippen LogP) is 31.1. The Bertz CT molecular complexity index is 2290. The van der Waals surface area contributed by atoms with Crippen LogP contribution < -0.4 is 29.6 Å². The van der Waals surface area contributed by atoms with Crippen LogP contribution in [0, 0.1) is 0 Å². The van der Waals surface area contributed by atoms with Gasteiger partial charge in [0.25, 0.3) is 0 Å². The second-order valence-corrected chi connectivity index (χ2v) is 811. The Labute approximate surface area is 773 Å². The maximum absolute atomic E-state index is 12.2. The van der Waals surface area contributed by atoms with Crippen molar-refractivity contribution in [3.05, 3.63) is 71.8 Å². The van der Waals surface area contributed by atoms with Crippen LogP contribution in [0.3, 0.4) is 0 Å². The number of nitrogens with zero attached hydrogens (tertiary/aromatic N) is 3. The van der Waals surface area contributed by atoms with E-state index in [1.165, 1.54) is 14.2 Å². The molecule has 0 saturated carbocycles. The number of piperidine rings is 2. The van der Waals surface area contributed by atoms with Gasteiger partial charge in [0.05, 0.1) is 20.8 Å². The predicted molar refractivity (Wildman–Crippen MR) is 686 cm³/mol. The molecule has 0 aromatic heterocycles. The van der Waals surface area contributed by atoms with E-state index in [0.29, 0.717) is 52.3 Å². The normalized spacial score (nSPS) is 18.2. The summed E-state index contributed by atoms with van der Waals surface area (Å²) in [6.45, 7) is 3.09. The summed E-state index contributed by atoms with van der Waals surface area (Å²) < 4.78 is 20.2. The number of nitrogens with one attached hydrogen (secondary N) is 2. The molecule has 3 fully saturated rings. The van der Waals surface area contributed by atoms with E-state index in [0.717, 1.165) is 24.0 Å². The van der Waals surface area contributed by atoms with Gasteiger partial charge in [0.15, 0.2) is 0 Å². The number of hydrogen-bond acceptors (Lipinski definition) is 11. The molecule has 5 rings (SSSR count). The summed E-state index contributed by atoms with van der Waals surface area (Å²) in [6.07, 6.45) is 2.02. The van der Waals surface area contributed by atoms with Gasteiger partial charge in [0.1, 0.15) is 25.3 Å². The van der Waals surface area contributed by atoms with Crippen LogP contribution in [0.2, 0.25) is 0 Å². The molecule has 0 unspecified atom stereocenters. The summed E-state index contributed by atoms with van der Waals surface area (Å²) in [6, 6.07) is 17.8. The van der Waals surface area contributed by atoms with Gasteiger partial charge < -0.3 is 50.0 Å². The molecule has 0 bridgehead atoms. The van der Waals surface area contributed by atoms with Crippen molar-refractivity contribution in [1.82, 2.24) is 25.3 Å². The zero-order valence-corrected chi connectivity index (χ0v) is 122. The summed E-state index contributed by atoms with van der Waals surface area (Å²) in [5.74, 6) is -0.782. The molecule has 4 amide bonds. The van der Waals surface area contributed by atoms with E-state index in [1.54, 1.807) is 14.7 Å². The van der Waals surface area contributed by atoms with E-state index in [2.05, 4.69) is 383 Å². The standard InChI is InChI=1S/C18H23N3O5.C17H25N3O4.I19.I18/c1-25-16(22)15-11-19-17(23)21(15)14-7-9-20(10-8-14)18(24)26-12-13-5-3-2-4-6-13;1-23-16(21)15(11-18)19-14-7-9-20(10-8-14)17(22)24-12-13-5-3-2-4-6-13;1-11-13(4)15(6)17(8)19(10)18(9)16(7)14(5)12(2)3;1-11(2)13(5)15(7)17(9)18(10)16(8)14(6)12(3)4/h2-6,14-15H,7-12H2,1H3,(H,19,23);2-6,14-15,19H,7-12,18H2,1H3;;/q;;-1;/t2*15-;;/m11../s1. The van der Waals surface area contributed by atoms with Crippen LogP contribution in [-0.4, -0.2) is 123 Å². The van der Waals surface area contributed by atoms with Crippen molar-refractivity contribution in [2.24, 2.45) is 5.73 Å². The molecular formula is C35H48I37N6O9-. The van der Waals surface area contributed by atoms with Gasteiger partial charge in [-0.05, 0) is 36.8 Å². The number of halogens is 37. The molecule has 0 aliphatic carbocycles. The zero-order chi connectivity index (χ0) is 65.8. The van der Waals surface area contributed by atoms with Gasteiger partial charge in [-0.3, -0.25) is 4.79 Å².